The van der Waals surface area contributed by atoms with Gasteiger partial charge in [0.05, 0.1) is 0 Å². The second-order valence-electron chi connectivity index (χ2n) is 4.40. The second-order valence-corrected chi connectivity index (χ2v) is 4.40. The second kappa shape index (κ2) is 6.83. The quantitative estimate of drug-likeness (QED) is 0.375. The van der Waals surface area contributed by atoms with Gasteiger partial charge in [0.1, 0.15) is 5.84 Å². The minimum absolute atomic E-state index is 0.00142. The fourth-order valence-electron chi connectivity index (χ4n) is 1.69. The molecule has 0 saturated carbocycles. The van der Waals surface area contributed by atoms with E-state index in [0.29, 0.717) is 6.54 Å². The van der Waals surface area contributed by atoms with Gasteiger partial charge in [-0.25, -0.2) is 8.78 Å². The first-order chi connectivity index (χ1) is 9.40. The number of amidine groups is 1. The SMILES string of the molecule is CCN(CC(C)C(N)=NO)C(=O)c1ccc(F)c(F)c1. The molecule has 7 heteroatoms. The van der Waals surface area contributed by atoms with Crippen LogP contribution in [0, 0.1) is 17.6 Å². The Morgan fingerprint density at radius 3 is 2.60 bits per heavy atom. The Kier molecular flexibility index (Phi) is 5.42. The van der Waals surface area contributed by atoms with E-state index in [1.807, 2.05) is 0 Å². The maximum atomic E-state index is 13.1. The lowest BCUT2D eigenvalue weighted by Crippen LogP contribution is -2.38. The Balaban J connectivity index is 2.89. The van der Waals surface area contributed by atoms with Gasteiger partial charge in [-0.15, -0.1) is 0 Å². The first-order valence-corrected chi connectivity index (χ1v) is 6.12. The van der Waals surface area contributed by atoms with Crippen LogP contribution in [-0.4, -0.2) is 34.9 Å². The van der Waals surface area contributed by atoms with Crippen LogP contribution in [0.25, 0.3) is 0 Å². The molecule has 1 rings (SSSR count). The number of carbonyl (C=O) groups excluding carboxylic acids is 1. The van der Waals surface area contributed by atoms with Crippen molar-refractivity contribution in [2.45, 2.75) is 13.8 Å². The molecule has 0 aromatic heterocycles. The van der Waals surface area contributed by atoms with Crippen molar-refractivity contribution in [1.82, 2.24) is 4.90 Å². The van der Waals surface area contributed by atoms with Gasteiger partial charge in [0.2, 0.25) is 0 Å². The molecule has 1 amide bonds. The number of amides is 1. The maximum absolute atomic E-state index is 13.1. The summed E-state index contributed by atoms with van der Waals surface area (Å²) in [4.78, 5) is 13.6. The fraction of sp³-hybridized carbons (Fsp3) is 0.385. The highest BCUT2D eigenvalue weighted by atomic mass is 19.2. The third kappa shape index (κ3) is 3.66. The molecule has 20 heavy (non-hydrogen) atoms. The summed E-state index contributed by atoms with van der Waals surface area (Å²) in [6.45, 7) is 4.01. The third-order valence-electron chi connectivity index (χ3n) is 2.95. The fourth-order valence-corrected chi connectivity index (χ4v) is 1.69. The van der Waals surface area contributed by atoms with Crippen LogP contribution in [-0.2, 0) is 0 Å². The molecule has 0 aliphatic carbocycles. The van der Waals surface area contributed by atoms with E-state index < -0.39 is 17.5 Å². The van der Waals surface area contributed by atoms with Crippen LogP contribution in [0.5, 0.6) is 0 Å². The monoisotopic (exact) mass is 285 g/mol. The van der Waals surface area contributed by atoms with Crippen LogP contribution in [0.4, 0.5) is 8.78 Å². The normalized spacial score (nSPS) is 13.1. The molecule has 1 unspecified atom stereocenters. The summed E-state index contributed by atoms with van der Waals surface area (Å²) in [6, 6.07) is 2.98. The standard InChI is InChI=1S/C13H17F2N3O2/c1-3-18(7-8(2)12(16)17-20)13(19)9-4-5-10(14)11(15)6-9/h4-6,8,20H,3,7H2,1-2H3,(H2,16,17). The van der Waals surface area contributed by atoms with Gasteiger partial charge in [0.25, 0.3) is 5.91 Å². The smallest absolute Gasteiger partial charge is 0.253 e. The van der Waals surface area contributed by atoms with Crippen molar-refractivity contribution in [2.75, 3.05) is 13.1 Å². The molecule has 1 atom stereocenters. The van der Waals surface area contributed by atoms with Gasteiger partial charge >= 0.3 is 0 Å². The van der Waals surface area contributed by atoms with E-state index in [4.69, 9.17) is 10.9 Å². The Morgan fingerprint density at radius 1 is 1.45 bits per heavy atom. The number of nitrogens with two attached hydrogens (primary N) is 1. The van der Waals surface area contributed by atoms with E-state index in [0.717, 1.165) is 12.1 Å². The number of rotatable bonds is 5. The van der Waals surface area contributed by atoms with Crippen LogP contribution < -0.4 is 5.73 Å². The summed E-state index contributed by atoms with van der Waals surface area (Å²) in [7, 11) is 0. The Morgan fingerprint density at radius 2 is 2.10 bits per heavy atom. The average Bonchev–Trinajstić information content (AvgIpc) is 2.45. The van der Waals surface area contributed by atoms with Crippen molar-refractivity contribution in [2.24, 2.45) is 16.8 Å². The van der Waals surface area contributed by atoms with Crippen LogP contribution in [0.3, 0.4) is 0 Å². The lowest BCUT2D eigenvalue weighted by atomic mass is 10.1. The highest BCUT2D eigenvalue weighted by Crippen LogP contribution is 2.12. The van der Waals surface area contributed by atoms with Crippen molar-refractivity contribution in [3.63, 3.8) is 0 Å². The van der Waals surface area contributed by atoms with Gasteiger partial charge in [-0.1, -0.05) is 12.1 Å². The molecule has 5 nitrogen and oxygen atoms in total. The number of halogens is 2. The van der Waals surface area contributed by atoms with E-state index >= 15 is 0 Å². The lowest BCUT2D eigenvalue weighted by Gasteiger charge is -2.24. The summed E-state index contributed by atoms with van der Waals surface area (Å²) in [5, 5.41) is 11.5. The summed E-state index contributed by atoms with van der Waals surface area (Å²) >= 11 is 0. The molecule has 0 fully saturated rings. The molecule has 0 heterocycles. The molecule has 1 aromatic carbocycles. The van der Waals surface area contributed by atoms with Crippen molar-refractivity contribution >= 4 is 11.7 Å². The van der Waals surface area contributed by atoms with E-state index in [1.165, 1.54) is 11.0 Å². The van der Waals surface area contributed by atoms with Gasteiger partial charge in [-0.3, -0.25) is 4.79 Å². The number of hydrogen-bond donors (Lipinski definition) is 2. The summed E-state index contributed by atoms with van der Waals surface area (Å²) in [5.74, 6) is -2.87. The van der Waals surface area contributed by atoms with Gasteiger partial charge in [0.15, 0.2) is 11.6 Å². The van der Waals surface area contributed by atoms with Gasteiger partial charge in [-0.2, -0.15) is 0 Å². The Hall–Kier alpha value is -2.18. The molecule has 1 aromatic rings. The van der Waals surface area contributed by atoms with E-state index in [-0.39, 0.29) is 23.9 Å². The zero-order valence-electron chi connectivity index (χ0n) is 11.3. The number of benzene rings is 1. The number of oxime groups is 1. The largest absolute Gasteiger partial charge is 0.409 e. The van der Waals surface area contributed by atoms with Crippen molar-refractivity contribution < 1.29 is 18.8 Å². The van der Waals surface area contributed by atoms with Crippen LogP contribution in [0.1, 0.15) is 24.2 Å². The summed E-state index contributed by atoms with van der Waals surface area (Å²) in [6.07, 6.45) is 0. The highest BCUT2D eigenvalue weighted by molar-refractivity contribution is 5.94. The van der Waals surface area contributed by atoms with Gasteiger partial charge in [-0.05, 0) is 25.1 Å². The number of nitrogens with zero attached hydrogens (tertiary/aromatic N) is 2. The number of hydrogen-bond acceptors (Lipinski definition) is 3. The molecule has 0 aliphatic heterocycles. The van der Waals surface area contributed by atoms with Gasteiger partial charge < -0.3 is 15.8 Å². The zero-order chi connectivity index (χ0) is 15.3. The summed E-state index contributed by atoms with van der Waals surface area (Å²) < 4.78 is 26.0. The predicted molar refractivity (Wildman–Crippen MR) is 70.5 cm³/mol. The van der Waals surface area contributed by atoms with Crippen molar-refractivity contribution in [3.05, 3.63) is 35.4 Å². The minimum Gasteiger partial charge on any atom is -0.409 e. The zero-order valence-corrected chi connectivity index (χ0v) is 11.3. The molecular weight excluding hydrogens is 268 g/mol. The molecular formula is C13H17F2N3O2. The van der Waals surface area contributed by atoms with Crippen LogP contribution in [0.2, 0.25) is 0 Å². The molecule has 110 valence electrons. The minimum atomic E-state index is -1.07. The number of carbonyl (C=O) groups is 1. The van der Waals surface area contributed by atoms with Gasteiger partial charge in [0, 0.05) is 24.6 Å². The Labute approximate surface area is 115 Å². The summed E-state index contributed by atoms with van der Waals surface area (Å²) in [5.41, 5.74) is 5.51. The van der Waals surface area contributed by atoms with Crippen LogP contribution >= 0.6 is 0 Å². The molecule has 0 bridgehead atoms. The molecule has 0 saturated heterocycles. The third-order valence-corrected chi connectivity index (χ3v) is 2.95. The first kappa shape index (κ1) is 15.9. The van der Waals surface area contributed by atoms with Crippen LogP contribution in [0.15, 0.2) is 23.4 Å². The molecule has 3 N–H and O–H groups in total. The average molecular weight is 285 g/mol. The maximum Gasteiger partial charge on any atom is 0.253 e. The molecule has 0 spiro atoms. The van der Waals surface area contributed by atoms with Crippen molar-refractivity contribution in [3.8, 4) is 0 Å². The lowest BCUT2D eigenvalue weighted by molar-refractivity contribution is 0.0753. The van der Waals surface area contributed by atoms with E-state index in [9.17, 15) is 13.6 Å². The highest BCUT2D eigenvalue weighted by Gasteiger charge is 2.19. The van der Waals surface area contributed by atoms with E-state index in [2.05, 4.69) is 5.16 Å². The Bertz CT molecular complexity index is 520. The first-order valence-electron chi connectivity index (χ1n) is 6.12. The van der Waals surface area contributed by atoms with Crippen molar-refractivity contribution in [1.29, 1.82) is 0 Å². The predicted octanol–water partition coefficient (Wildman–Crippen LogP) is 1.81. The molecule has 0 radical (unpaired) electrons. The molecule has 0 aliphatic rings. The topological polar surface area (TPSA) is 78.9 Å². The van der Waals surface area contributed by atoms with E-state index in [1.54, 1.807) is 13.8 Å².